The van der Waals surface area contributed by atoms with Crippen molar-refractivity contribution in [1.82, 2.24) is 5.43 Å². The maximum absolute atomic E-state index is 11.8. The van der Waals surface area contributed by atoms with Crippen LogP contribution in [0, 0.1) is 12.8 Å². The molecule has 0 bridgehead atoms. The van der Waals surface area contributed by atoms with Crippen LogP contribution < -0.4 is 11.3 Å². The van der Waals surface area contributed by atoms with Gasteiger partial charge < -0.3 is 0 Å². The van der Waals surface area contributed by atoms with Crippen LogP contribution in [0.15, 0.2) is 9.85 Å². The molecule has 1 saturated carbocycles. The summed E-state index contributed by atoms with van der Waals surface area (Å²) in [5.74, 6) is 6.02. The highest BCUT2D eigenvalue weighted by Crippen LogP contribution is 2.40. The third-order valence-electron chi connectivity index (χ3n) is 4.11. The Balaban J connectivity index is 2.19. The van der Waals surface area contributed by atoms with E-state index in [1.54, 1.807) is 11.3 Å². The van der Waals surface area contributed by atoms with E-state index in [0.717, 1.165) is 23.0 Å². The third kappa shape index (κ3) is 3.62. The van der Waals surface area contributed by atoms with E-state index in [4.69, 9.17) is 5.84 Å². The van der Waals surface area contributed by atoms with Gasteiger partial charge in [0.25, 0.3) is 0 Å². The maximum atomic E-state index is 11.8. The lowest BCUT2D eigenvalue weighted by Gasteiger charge is -2.33. The van der Waals surface area contributed by atoms with Crippen molar-refractivity contribution in [3.05, 3.63) is 20.3 Å². The molecule has 0 aliphatic heterocycles. The summed E-state index contributed by atoms with van der Waals surface area (Å²) < 4.78 is 24.7. The van der Waals surface area contributed by atoms with Crippen molar-refractivity contribution >= 4 is 37.1 Å². The van der Waals surface area contributed by atoms with Crippen molar-refractivity contribution < 1.29 is 8.42 Å². The van der Waals surface area contributed by atoms with Gasteiger partial charge in [0.1, 0.15) is 9.84 Å². The summed E-state index contributed by atoms with van der Waals surface area (Å²) in [6.07, 6.45) is 4.79. The third-order valence-corrected chi connectivity index (χ3v) is 7.96. The molecular weight excluding hydrogens is 360 g/mol. The number of nitrogens with two attached hydrogens (primary N) is 1. The molecule has 3 unspecified atom stereocenters. The molecule has 1 aromatic rings. The minimum atomic E-state index is -2.96. The van der Waals surface area contributed by atoms with Crippen molar-refractivity contribution in [1.29, 1.82) is 0 Å². The lowest BCUT2D eigenvalue weighted by atomic mass is 9.83. The summed E-state index contributed by atoms with van der Waals surface area (Å²) >= 11 is 5.21. The first-order valence-electron chi connectivity index (χ1n) is 6.73. The van der Waals surface area contributed by atoms with Crippen LogP contribution in [0.25, 0.3) is 0 Å². The van der Waals surface area contributed by atoms with E-state index >= 15 is 0 Å². The van der Waals surface area contributed by atoms with Crippen LogP contribution in [0.4, 0.5) is 0 Å². The Bertz CT molecular complexity index is 551. The van der Waals surface area contributed by atoms with Gasteiger partial charge in [-0.3, -0.25) is 11.3 Å². The van der Waals surface area contributed by atoms with Crippen molar-refractivity contribution in [2.24, 2.45) is 11.8 Å². The van der Waals surface area contributed by atoms with E-state index in [2.05, 4.69) is 34.3 Å². The quantitative estimate of drug-likeness (QED) is 0.621. The van der Waals surface area contributed by atoms with Crippen LogP contribution >= 0.6 is 27.3 Å². The Morgan fingerprint density at radius 1 is 1.50 bits per heavy atom. The lowest BCUT2D eigenvalue weighted by Crippen LogP contribution is -2.38. The van der Waals surface area contributed by atoms with Crippen LogP contribution in [0.1, 0.15) is 42.2 Å². The highest BCUT2D eigenvalue weighted by atomic mass is 79.9. The molecule has 3 atom stereocenters. The number of rotatable bonds is 4. The fraction of sp³-hybridized carbons (Fsp3) is 0.692. The van der Waals surface area contributed by atoms with E-state index in [9.17, 15) is 8.42 Å². The molecule has 0 amide bonds. The van der Waals surface area contributed by atoms with E-state index in [0.29, 0.717) is 6.42 Å². The van der Waals surface area contributed by atoms with Gasteiger partial charge in [0, 0.05) is 11.1 Å². The normalized spacial score (nSPS) is 25.6. The number of hydrazine groups is 1. The predicted octanol–water partition coefficient (Wildman–Crippen LogP) is 2.93. The molecule has 3 N–H and O–H groups in total. The van der Waals surface area contributed by atoms with Gasteiger partial charge in [-0.15, -0.1) is 11.3 Å². The fourth-order valence-corrected chi connectivity index (χ4v) is 5.88. The van der Waals surface area contributed by atoms with Crippen LogP contribution in [-0.2, 0) is 9.84 Å². The number of halogens is 1. The highest BCUT2D eigenvalue weighted by molar-refractivity contribution is 9.11. The van der Waals surface area contributed by atoms with Crippen molar-refractivity contribution in [3.8, 4) is 0 Å². The van der Waals surface area contributed by atoms with E-state index < -0.39 is 9.84 Å². The van der Waals surface area contributed by atoms with Crippen molar-refractivity contribution in [2.75, 3.05) is 6.26 Å². The number of thiophene rings is 1. The first kappa shape index (κ1) is 16.4. The Morgan fingerprint density at radius 2 is 2.20 bits per heavy atom. The molecule has 1 fully saturated rings. The second-order valence-corrected chi connectivity index (χ2v) is 10.4. The Hall–Kier alpha value is 0.0500. The lowest BCUT2D eigenvalue weighted by molar-refractivity contribution is 0.277. The fourth-order valence-electron chi connectivity index (χ4n) is 2.96. The smallest absolute Gasteiger partial charge is 0.150 e. The molecule has 2 rings (SSSR count). The zero-order chi connectivity index (χ0) is 14.9. The maximum Gasteiger partial charge on any atom is 0.150 e. The number of nitrogens with one attached hydrogen (secondary N) is 1. The zero-order valence-electron chi connectivity index (χ0n) is 11.7. The van der Waals surface area contributed by atoms with Gasteiger partial charge in [0.2, 0.25) is 0 Å². The molecule has 1 heterocycles. The molecule has 20 heavy (non-hydrogen) atoms. The monoisotopic (exact) mass is 380 g/mol. The standard InChI is InChI=1S/C13H21BrN2O2S2/c1-8-6-11(19-13(8)14)12(16-15)9-4-3-5-10(7-9)20(2,17)18/h6,9-10,12,16H,3-5,7,15H2,1-2H3. The van der Waals surface area contributed by atoms with E-state index in [-0.39, 0.29) is 17.2 Å². The van der Waals surface area contributed by atoms with Crippen LogP contribution in [0.2, 0.25) is 0 Å². The molecule has 1 aliphatic carbocycles. The highest BCUT2D eigenvalue weighted by Gasteiger charge is 2.34. The van der Waals surface area contributed by atoms with Gasteiger partial charge >= 0.3 is 0 Å². The minimum Gasteiger partial charge on any atom is -0.271 e. The largest absolute Gasteiger partial charge is 0.271 e. The molecular formula is C13H21BrN2O2S2. The molecule has 4 nitrogen and oxygen atoms in total. The number of aryl methyl sites for hydroxylation is 1. The summed E-state index contributed by atoms with van der Waals surface area (Å²) in [6.45, 7) is 2.05. The van der Waals surface area contributed by atoms with Gasteiger partial charge in [-0.05, 0) is 59.7 Å². The first-order chi connectivity index (χ1) is 9.32. The minimum absolute atomic E-state index is 0.0366. The van der Waals surface area contributed by atoms with Gasteiger partial charge in [-0.1, -0.05) is 6.42 Å². The molecule has 0 saturated heterocycles. The predicted molar refractivity (Wildman–Crippen MR) is 87.4 cm³/mol. The molecule has 0 radical (unpaired) electrons. The van der Waals surface area contributed by atoms with E-state index in [1.807, 2.05) is 0 Å². The summed E-state index contributed by atoms with van der Waals surface area (Å²) in [6, 6.07) is 2.16. The summed E-state index contributed by atoms with van der Waals surface area (Å²) in [5.41, 5.74) is 4.09. The van der Waals surface area contributed by atoms with E-state index in [1.165, 1.54) is 16.7 Å². The molecule has 0 spiro atoms. The number of hydrogen-bond acceptors (Lipinski definition) is 5. The van der Waals surface area contributed by atoms with Gasteiger partial charge in [-0.25, -0.2) is 8.42 Å². The number of hydrogen-bond donors (Lipinski definition) is 2. The second-order valence-electron chi connectivity index (χ2n) is 5.63. The summed E-state index contributed by atoms with van der Waals surface area (Å²) in [7, 11) is -2.96. The average molecular weight is 381 g/mol. The van der Waals surface area contributed by atoms with Gasteiger partial charge in [0.15, 0.2) is 0 Å². The Labute approximate surface area is 133 Å². The second kappa shape index (κ2) is 6.44. The van der Waals surface area contributed by atoms with Crippen molar-refractivity contribution in [2.45, 2.75) is 43.9 Å². The Kier molecular flexibility index (Phi) is 5.29. The van der Waals surface area contributed by atoms with Crippen molar-refractivity contribution in [3.63, 3.8) is 0 Å². The first-order valence-corrected chi connectivity index (χ1v) is 10.3. The SMILES string of the molecule is Cc1cc(C(NN)C2CCCC(S(C)(=O)=O)C2)sc1Br. The summed E-state index contributed by atoms with van der Waals surface area (Å²) in [5, 5.41) is -0.221. The molecule has 1 aromatic heterocycles. The number of sulfone groups is 1. The summed E-state index contributed by atoms with van der Waals surface area (Å²) in [4.78, 5) is 1.18. The molecule has 7 heteroatoms. The zero-order valence-corrected chi connectivity index (χ0v) is 14.9. The average Bonchev–Trinajstić information content (AvgIpc) is 2.69. The van der Waals surface area contributed by atoms with Gasteiger partial charge in [-0.2, -0.15) is 0 Å². The van der Waals surface area contributed by atoms with Crippen LogP contribution in [0.5, 0.6) is 0 Å². The topological polar surface area (TPSA) is 72.2 Å². The van der Waals surface area contributed by atoms with Crippen LogP contribution in [-0.4, -0.2) is 19.9 Å². The molecule has 1 aliphatic rings. The molecule has 0 aromatic carbocycles. The Morgan fingerprint density at radius 3 is 2.70 bits per heavy atom. The van der Waals surface area contributed by atoms with Gasteiger partial charge in [0.05, 0.1) is 15.1 Å². The van der Waals surface area contributed by atoms with Crippen LogP contribution in [0.3, 0.4) is 0 Å². The molecule has 114 valence electrons.